The fraction of sp³-hybridized carbons (Fsp3) is 0.238. The number of nitrogens with one attached hydrogen (secondary N) is 1. The molecule has 0 saturated carbocycles. The van der Waals surface area contributed by atoms with Gasteiger partial charge in [-0.15, -0.1) is 0 Å². The Hall–Kier alpha value is -3.15. The van der Waals surface area contributed by atoms with E-state index in [0.29, 0.717) is 11.3 Å². The van der Waals surface area contributed by atoms with Gasteiger partial charge in [0, 0.05) is 30.7 Å². The minimum absolute atomic E-state index is 0.278. The highest BCUT2D eigenvalue weighted by atomic mass is 19.1. The number of para-hydroxylation sites is 1. The zero-order chi connectivity index (χ0) is 18.8. The van der Waals surface area contributed by atoms with Crippen LogP contribution in [0.25, 0.3) is 5.69 Å². The number of nitrogens with zero attached hydrogens (tertiary/aromatic N) is 3. The average Bonchev–Trinajstić information content (AvgIpc) is 3.32. The smallest absolute Gasteiger partial charge is 0.258 e. The van der Waals surface area contributed by atoms with Gasteiger partial charge >= 0.3 is 0 Å². The molecule has 1 unspecified atom stereocenters. The van der Waals surface area contributed by atoms with Crippen molar-refractivity contribution >= 4 is 17.3 Å². The van der Waals surface area contributed by atoms with E-state index in [-0.39, 0.29) is 11.7 Å². The third-order valence-corrected chi connectivity index (χ3v) is 4.86. The molecule has 1 aliphatic rings. The van der Waals surface area contributed by atoms with Crippen molar-refractivity contribution < 1.29 is 9.18 Å². The Bertz CT molecular complexity index is 951. The Morgan fingerprint density at radius 3 is 2.67 bits per heavy atom. The highest BCUT2D eigenvalue weighted by Gasteiger charge is 2.19. The highest BCUT2D eigenvalue weighted by Crippen LogP contribution is 2.25. The molecular formula is C21H21FN4O. The molecule has 0 radical (unpaired) electrons. The molecule has 1 aromatic heterocycles. The van der Waals surface area contributed by atoms with Crippen molar-refractivity contribution in [2.24, 2.45) is 5.92 Å². The van der Waals surface area contributed by atoms with E-state index >= 15 is 0 Å². The second-order valence-electron chi connectivity index (χ2n) is 6.97. The molecule has 138 valence electrons. The number of aromatic nitrogens is 2. The van der Waals surface area contributed by atoms with E-state index in [2.05, 4.69) is 22.2 Å². The number of amides is 1. The molecule has 2 heterocycles. The van der Waals surface area contributed by atoms with Gasteiger partial charge in [-0.25, -0.2) is 9.07 Å². The standard InChI is InChI=1S/C21H21FN4O/c1-15-10-11-25(13-15)18-8-6-17(7-9-18)24-21(27)16-12-23-26(14-16)20-5-3-2-4-19(20)22/h2-9,12,14-15H,10-11,13H2,1H3,(H,24,27). The first-order valence-corrected chi connectivity index (χ1v) is 9.06. The Morgan fingerprint density at radius 2 is 1.96 bits per heavy atom. The van der Waals surface area contributed by atoms with E-state index < -0.39 is 0 Å². The minimum Gasteiger partial charge on any atom is -0.371 e. The summed E-state index contributed by atoms with van der Waals surface area (Å²) in [5, 5.41) is 6.95. The summed E-state index contributed by atoms with van der Waals surface area (Å²) in [7, 11) is 0. The molecular weight excluding hydrogens is 343 g/mol. The van der Waals surface area contributed by atoms with Gasteiger partial charge in [0.05, 0.1) is 11.8 Å². The van der Waals surface area contributed by atoms with Gasteiger partial charge in [0.25, 0.3) is 5.91 Å². The molecule has 0 bridgehead atoms. The molecule has 4 rings (SSSR count). The molecule has 1 atom stereocenters. The molecule has 1 aliphatic heterocycles. The third kappa shape index (κ3) is 3.69. The zero-order valence-corrected chi connectivity index (χ0v) is 15.1. The number of hydrogen-bond donors (Lipinski definition) is 1. The predicted molar refractivity (Wildman–Crippen MR) is 104 cm³/mol. The summed E-state index contributed by atoms with van der Waals surface area (Å²) in [5.41, 5.74) is 2.57. The molecule has 2 aromatic carbocycles. The lowest BCUT2D eigenvalue weighted by molar-refractivity contribution is 0.102. The maximum absolute atomic E-state index is 13.9. The third-order valence-electron chi connectivity index (χ3n) is 4.86. The van der Waals surface area contributed by atoms with Gasteiger partial charge < -0.3 is 10.2 Å². The van der Waals surface area contributed by atoms with Crippen LogP contribution in [0.1, 0.15) is 23.7 Å². The lowest BCUT2D eigenvalue weighted by atomic mass is 10.2. The van der Waals surface area contributed by atoms with Gasteiger partial charge in [0.15, 0.2) is 0 Å². The number of hydrogen-bond acceptors (Lipinski definition) is 3. The van der Waals surface area contributed by atoms with Crippen LogP contribution in [0, 0.1) is 11.7 Å². The van der Waals surface area contributed by atoms with Crippen LogP contribution in [0.3, 0.4) is 0 Å². The van der Waals surface area contributed by atoms with E-state index in [1.807, 2.05) is 24.3 Å². The zero-order valence-electron chi connectivity index (χ0n) is 15.1. The van der Waals surface area contributed by atoms with E-state index in [9.17, 15) is 9.18 Å². The van der Waals surface area contributed by atoms with Crippen LogP contribution in [-0.2, 0) is 0 Å². The van der Waals surface area contributed by atoms with Crippen molar-refractivity contribution in [3.63, 3.8) is 0 Å². The summed E-state index contributed by atoms with van der Waals surface area (Å²) in [4.78, 5) is 14.8. The van der Waals surface area contributed by atoms with Crippen LogP contribution >= 0.6 is 0 Å². The summed E-state index contributed by atoms with van der Waals surface area (Å²) in [5.74, 6) is 0.0508. The number of carbonyl (C=O) groups excluding carboxylic acids is 1. The first-order valence-electron chi connectivity index (χ1n) is 9.06. The van der Waals surface area contributed by atoms with Gasteiger partial charge in [0.2, 0.25) is 0 Å². The minimum atomic E-state index is -0.389. The first-order chi connectivity index (χ1) is 13.1. The molecule has 1 amide bonds. The van der Waals surface area contributed by atoms with Crippen molar-refractivity contribution in [3.05, 3.63) is 72.3 Å². The summed E-state index contributed by atoms with van der Waals surface area (Å²) in [6.45, 7) is 4.40. The Kier molecular flexibility index (Phi) is 4.62. The SMILES string of the molecule is CC1CCN(c2ccc(NC(=O)c3cnn(-c4ccccc4F)c3)cc2)C1. The molecule has 1 saturated heterocycles. The van der Waals surface area contributed by atoms with E-state index in [0.717, 1.165) is 24.7 Å². The van der Waals surface area contributed by atoms with E-state index in [1.165, 1.54) is 35.3 Å². The Labute approximate surface area is 157 Å². The van der Waals surface area contributed by atoms with E-state index in [1.54, 1.807) is 18.2 Å². The molecule has 0 spiro atoms. The van der Waals surface area contributed by atoms with Crippen molar-refractivity contribution in [1.29, 1.82) is 0 Å². The summed E-state index contributed by atoms with van der Waals surface area (Å²) in [6.07, 6.45) is 4.17. The normalized spacial score (nSPS) is 16.5. The summed E-state index contributed by atoms with van der Waals surface area (Å²) < 4.78 is 15.2. The van der Waals surface area contributed by atoms with Crippen LogP contribution in [0.4, 0.5) is 15.8 Å². The van der Waals surface area contributed by atoms with Crippen LogP contribution in [0.5, 0.6) is 0 Å². The lowest BCUT2D eigenvalue weighted by Gasteiger charge is -2.18. The maximum Gasteiger partial charge on any atom is 0.258 e. The van der Waals surface area contributed by atoms with Crippen LogP contribution < -0.4 is 10.2 Å². The van der Waals surface area contributed by atoms with Crippen molar-refractivity contribution in [3.8, 4) is 5.69 Å². The summed E-state index contributed by atoms with van der Waals surface area (Å²) >= 11 is 0. The van der Waals surface area contributed by atoms with Crippen LogP contribution in [-0.4, -0.2) is 28.8 Å². The van der Waals surface area contributed by atoms with Crippen molar-refractivity contribution in [2.75, 3.05) is 23.3 Å². The molecule has 5 nitrogen and oxygen atoms in total. The first kappa shape index (κ1) is 17.3. The fourth-order valence-electron chi connectivity index (χ4n) is 3.34. The van der Waals surface area contributed by atoms with Gasteiger partial charge in [0.1, 0.15) is 11.5 Å². The maximum atomic E-state index is 13.9. The number of halogens is 1. The molecule has 27 heavy (non-hydrogen) atoms. The quantitative estimate of drug-likeness (QED) is 0.758. The van der Waals surface area contributed by atoms with Crippen molar-refractivity contribution in [2.45, 2.75) is 13.3 Å². The molecule has 1 fully saturated rings. The molecule has 0 aliphatic carbocycles. The second-order valence-corrected chi connectivity index (χ2v) is 6.97. The van der Waals surface area contributed by atoms with Gasteiger partial charge in [-0.05, 0) is 48.7 Å². The Balaban J connectivity index is 1.44. The monoisotopic (exact) mass is 364 g/mol. The fourth-order valence-corrected chi connectivity index (χ4v) is 3.34. The van der Waals surface area contributed by atoms with Crippen molar-refractivity contribution in [1.82, 2.24) is 9.78 Å². The van der Waals surface area contributed by atoms with Crippen LogP contribution in [0.2, 0.25) is 0 Å². The largest absolute Gasteiger partial charge is 0.371 e. The van der Waals surface area contributed by atoms with E-state index in [4.69, 9.17) is 0 Å². The van der Waals surface area contributed by atoms with Gasteiger partial charge in [-0.3, -0.25) is 4.79 Å². The molecule has 6 heteroatoms. The average molecular weight is 364 g/mol. The van der Waals surface area contributed by atoms with Gasteiger partial charge in [-0.1, -0.05) is 19.1 Å². The lowest BCUT2D eigenvalue weighted by Crippen LogP contribution is -2.19. The number of anilines is 2. The number of rotatable bonds is 4. The second kappa shape index (κ2) is 7.23. The molecule has 1 N–H and O–H groups in total. The topological polar surface area (TPSA) is 50.2 Å². The summed E-state index contributed by atoms with van der Waals surface area (Å²) in [6, 6.07) is 14.2. The number of benzene rings is 2. The number of carbonyl (C=O) groups is 1. The Morgan fingerprint density at radius 1 is 1.19 bits per heavy atom. The van der Waals surface area contributed by atoms with Gasteiger partial charge in [-0.2, -0.15) is 5.10 Å². The predicted octanol–water partition coefficient (Wildman–Crippen LogP) is 4.11. The highest BCUT2D eigenvalue weighted by molar-refractivity contribution is 6.04. The molecule has 3 aromatic rings. The van der Waals surface area contributed by atoms with Crippen LogP contribution in [0.15, 0.2) is 60.9 Å².